The topological polar surface area (TPSA) is 50.7 Å². The molecule has 3 aromatic rings. The Morgan fingerprint density at radius 3 is 2.45 bits per heavy atom. The van der Waals surface area contributed by atoms with Crippen LogP contribution in [0.5, 0.6) is 0 Å². The van der Waals surface area contributed by atoms with Gasteiger partial charge in [-0.05, 0) is 115 Å². The zero-order chi connectivity index (χ0) is 35.0. The second kappa shape index (κ2) is 18.7. The maximum absolute atomic E-state index is 6.78. The van der Waals surface area contributed by atoms with E-state index >= 15 is 0 Å². The highest BCUT2D eigenvalue weighted by molar-refractivity contribution is 6.02. The van der Waals surface area contributed by atoms with Gasteiger partial charge in [-0.1, -0.05) is 133 Å². The zero-order valence-electron chi connectivity index (χ0n) is 29.7. The van der Waals surface area contributed by atoms with Gasteiger partial charge in [-0.25, -0.2) is 4.99 Å². The number of aliphatic imine (C=N–C) groups is 2. The van der Waals surface area contributed by atoms with Crippen molar-refractivity contribution in [3.63, 3.8) is 0 Å². The van der Waals surface area contributed by atoms with Crippen LogP contribution in [0.3, 0.4) is 0 Å². The Bertz CT molecular complexity index is 1990. The molecule has 0 amide bonds. The van der Waals surface area contributed by atoms with Crippen molar-refractivity contribution < 1.29 is 0 Å². The quantitative estimate of drug-likeness (QED) is 0.112. The highest BCUT2D eigenvalue weighted by atomic mass is 14.9. The number of hydrogen-bond donors (Lipinski definition) is 1. The molecule has 3 aromatic carbocycles. The Morgan fingerprint density at radius 1 is 0.898 bits per heavy atom. The van der Waals surface area contributed by atoms with Crippen LogP contribution in [0.25, 0.3) is 33.2 Å². The van der Waals surface area contributed by atoms with Gasteiger partial charge in [0.25, 0.3) is 0 Å². The molecule has 0 heterocycles. The number of hydrogen-bond acceptors (Lipinski definition) is 2. The van der Waals surface area contributed by atoms with E-state index in [1.165, 1.54) is 21.9 Å². The molecule has 2 N–H and O–H groups in total. The second-order valence-electron chi connectivity index (χ2n) is 12.2. The molecule has 0 atom stereocenters. The van der Waals surface area contributed by atoms with Gasteiger partial charge in [0, 0.05) is 18.8 Å². The van der Waals surface area contributed by atoms with Gasteiger partial charge < -0.3 is 5.73 Å². The summed E-state index contributed by atoms with van der Waals surface area (Å²) < 4.78 is 0. The maximum Gasteiger partial charge on any atom is 0.127 e. The molecule has 0 spiro atoms. The van der Waals surface area contributed by atoms with Gasteiger partial charge >= 0.3 is 0 Å². The van der Waals surface area contributed by atoms with E-state index in [0.717, 1.165) is 57.5 Å². The Balaban J connectivity index is 1.97. The summed E-state index contributed by atoms with van der Waals surface area (Å²) in [4.78, 5) is 9.19. The lowest BCUT2D eigenvalue weighted by Crippen LogP contribution is -2.16. The van der Waals surface area contributed by atoms with Crippen molar-refractivity contribution in [1.29, 1.82) is 0 Å². The SMILES string of the molecule is C=C/C(C/C(C)=C/C=C\C)=C(/N=C(\N)C1=CC=CCC1)c1cc(/C(C)=C/C=C(C)/C=C/C=C\C=N/C)cc(-c2cccc3ccccc23)c1. The summed E-state index contributed by atoms with van der Waals surface area (Å²) in [5.74, 6) is 0.544. The number of nitrogens with two attached hydrogens (primary N) is 1. The lowest BCUT2D eigenvalue weighted by molar-refractivity contribution is 0.999. The monoisotopic (exact) mass is 643 g/mol. The summed E-state index contributed by atoms with van der Waals surface area (Å²) in [6.07, 6.45) is 31.1. The van der Waals surface area contributed by atoms with Crippen LogP contribution in [-0.2, 0) is 0 Å². The number of allylic oxidation sites excluding steroid dienone is 17. The van der Waals surface area contributed by atoms with Gasteiger partial charge in [-0.15, -0.1) is 0 Å². The average Bonchev–Trinajstić information content (AvgIpc) is 3.14. The summed E-state index contributed by atoms with van der Waals surface area (Å²) >= 11 is 0. The van der Waals surface area contributed by atoms with Crippen LogP contribution in [0.4, 0.5) is 0 Å². The molecule has 0 saturated carbocycles. The van der Waals surface area contributed by atoms with Crippen molar-refractivity contribution in [2.24, 2.45) is 15.7 Å². The Kier molecular flexibility index (Phi) is 13.9. The van der Waals surface area contributed by atoms with E-state index in [-0.39, 0.29) is 0 Å². The third kappa shape index (κ3) is 10.5. The van der Waals surface area contributed by atoms with Crippen molar-refractivity contribution >= 4 is 34.1 Å². The highest BCUT2D eigenvalue weighted by Gasteiger charge is 2.15. The highest BCUT2D eigenvalue weighted by Crippen LogP contribution is 2.36. The lowest BCUT2D eigenvalue weighted by atomic mass is 9.91. The van der Waals surface area contributed by atoms with Gasteiger partial charge in [0.2, 0.25) is 0 Å². The molecule has 3 nitrogen and oxygen atoms in total. The molecular formula is C46H49N3. The molecule has 0 fully saturated rings. The third-order valence-electron chi connectivity index (χ3n) is 8.34. The van der Waals surface area contributed by atoms with E-state index in [4.69, 9.17) is 10.7 Å². The summed E-state index contributed by atoms with van der Waals surface area (Å²) in [6, 6.07) is 21.8. The molecule has 1 aliphatic carbocycles. The number of nitrogens with zero attached hydrogens (tertiary/aromatic N) is 2. The Morgan fingerprint density at radius 2 is 1.69 bits per heavy atom. The summed E-state index contributed by atoms with van der Waals surface area (Å²) in [5.41, 5.74) is 17.6. The van der Waals surface area contributed by atoms with Crippen LogP contribution in [0.15, 0.2) is 179 Å². The summed E-state index contributed by atoms with van der Waals surface area (Å²) in [7, 11) is 1.76. The predicted octanol–water partition coefficient (Wildman–Crippen LogP) is 12.1. The van der Waals surface area contributed by atoms with Gasteiger partial charge in [0.1, 0.15) is 5.84 Å². The van der Waals surface area contributed by atoms with Crippen LogP contribution in [-0.4, -0.2) is 19.1 Å². The average molecular weight is 644 g/mol. The van der Waals surface area contributed by atoms with E-state index in [1.807, 2.05) is 37.3 Å². The van der Waals surface area contributed by atoms with Gasteiger partial charge in [-0.3, -0.25) is 4.99 Å². The predicted molar refractivity (Wildman–Crippen MR) is 218 cm³/mol. The number of benzene rings is 3. The largest absolute Gasteiger partial charge is 0.383 e. The Labute approximate surface area is 293 Å². The molecule has 0 bridgehead atoms. The van der Waals surface area contributed by atoms with Crippen LogP contribution < -0.4 is 5.73 Å². The minimum Gasteiger partial charge on any atom is -0.383 e. The lowest BCUT2D eigenvalue weighted by Gasteiger charge is -2.17. The Hall–Kier alpha value is -5.54. The molecular weight excluding hydrogens is 595 g/mol. The maximum atomic E-state index is 6.78. The van der Waals surface area contributed by atoms with Crippen molar-refractivity contribution in [3.05, 3.63) is 180 Å². The van der Waals surface area contributed by atoms with Gasteiger partial charge in [0.15, 0.2) is 0 Å². The van der Waals surface area contributed by atoms with E-state index in [2.05, 4.69) is 142 Å². The van der Waals surface area contributed by atoms with Crippen molar-refractivity contribution in [2.75, 3.05) is 7.05 Å². The normalized spacial score (nSPS) is 15.7. The molecule has 0 radical (unpaired) electrons. The smallest absolute Gasteiger partial charge is 0.127 e. The molecule has 49 heavy (non-hydrogen) atoms. The first-order chi connectivity index (χ1) is 23.8. The van der Waals surface area contributed by atoms with Crippen molar-refractivity contribution in [3.8, 4) is 11.1 Å². The third-order valence-corrected chi connectivity index (χ3v) is 8.34. The van der Waals surface area contributed by atoms with E-state index < -0.39 is 0 Å². The molecule has 0 aromatic heterocycles. The minimum absolute atomic E-state index is 0.544. The van der Waals surface area contributed by atoms with Crippen molar-refractivity contribution in [1.82, 2.24) is 0 Å². The number of rotatable bonds is 13. The number of amidine groups is 1. The van der Waals surface area contributed by atoms with Crippen LogP contribution in [0.2, 0.25) is 0 Å². The molecule has 0 aliphatic heterocycles. The first-order valence-corrected chi connectivity index (χ1v) is 16.9. The molecule has 4 rings (SSSR count). The standard InChI is InChI=1S/C46H49N3/c1-7-9-19-35(4)30-37(8-2)45(49-46(47)39-22-13-10-14-23-39)42-32-40(36(5)28-27-34(3)20-12-11-17-29-48-6)31-41(33-42)44-26-18-24-38-21-15-16-25-43(38)44/h7-13,15-22,24-29,31-33H,2,14,23,30H2,1,3-6H3,(H2,47,49)/b9-7-,17-11-,20-12+,34-27+,35-19+,36-28+,45-37-,48-29-. The molecule has 0 saturated heterocycles. The van der Waals surface area contributed by atoms with E-state index in [1.54, 1.807) is 13.3 Å². The summed E-state index contributed by atoms with van der Waals surface area (Å²) in [5, 5.41) is 2.41. The molecule has 3 heteroatoms. The zero-order valence-corrected chi connectivity index (χ0v) is 29.7. The van der Waals surface area contributed by atoms with Crippen LogP contribution in [0, 0.1) is 0 Å². The van der Waals surface area contributed by atoms with Crippen LogP contribution >= 0.6 is 0 Å². The molecule has 248 valence electrons. The first-order valence-electron chi connectivity index (χ1n) is 16.9. The minimum atomic E-state index is 0.544. The fourth-order valence-corrected chi connectivity index (χ4v) is 5.64. The van der Waals surface area contributed by atoms with E-state index in [0.29, 0.717) is 12.3 Å². The first kappa shape index (κ1) is 36.3. The van der Waals surface area contributed by atoms with Gasteiger partial charge in [-0.2, -0.15) is 0 Å². The fourth-order valence-electron chi connectivity index (χ4n) is 5.64. The van der Waals surface area contributed by atoms with Gasteiger partial charge in [0.05, 0.1) is 5.70 Å². The fraction of sp³-hybridized carbons (Fsp3) is 0.174. The number of fused-ring (bicyclic) bond motifs is 1. The van der Waals surface area contributed by atoms with Crippen molar-refractivity contribution in [2.45, 2.75) is 47.0 Å². The van der Waals surface area contributed by atoms with E-state index in [9.17, 15) is 0 Å². The second-order valence-corrected chi connectivity index (χ2v) is 12.2. The summed E-state index contributed by atoms with van der Waals surface area (Å²) in [6.45, 7) is 12.7. The molecule has 0 unspecified atom stereocenters. The van der Waals surface area contributed by atoms with Crippen LogP contribution in [0.1, 0.15) is 58.1 Å². The molecule has 1 aliphatic rings.